The number of aromatic nitrogens is 2. The molecule has 1 saturated carbocycles. The Kier molecular flexibility index (Phi) is 4.79. The van der Waals surface area contributed by atoms with Gasteiger partial charge in [-0.15, -0.1) is 5.10 Å². The lowest BCUT2D eigenvalue weighted by Gasteiger charge is -2.23. The van der Waals surface area contributed by atoms with Crippen molar-refractivity contribution in [2.75, 3.05) is 24.6 Å². The number of amides is 1. The molecule has 0 bridgehead atoms. The second-order valence-electron chi connectivity index (χ2n) is 6.41. The number of nitrogens with zero attached hydrogens (tertiary/aromatic N) is 3. The highest BCUT2D eigenvalue weighted by molar-refractivity contribution is 5.80. The van der Waals surface area contributed by atoms with E-state index in [1.165, 1.54) is 12.8 Å². The van der Waals surface area contributed by atoms with Crippen LogP contribution in [-0.2, 0) is 9.53 Å². The number of carbonyl (C=O) groups excluding carboxylic acids is 1. The number of ether oxygens (including phenoxy) is 1. The lowest BCUT2D eigenvalue weighted by atomic mass is 10.2. The van der Waals surface area contributed by atoms with Gasteiger partial charge in [-0.3, -0.25) is 4.79 Å². The van der Waals surface area contributed by atoms with E-state index in [2.05, 4.69) is 15.5 Å². The predicted octanol–water partition coefficient (Wildman–Crippen LogP) is 1.23. The van der Waals surface area contributed by atoms with Crippen molar-refractivity contribution in [3.63, 3.8) is 0 Å². The number of carbonyl (C=O) groups is 1. The van der Waals surface area contributed by atoms with E-state index < -0.39 is 12.3 Å². The van der Waals surface area contributed by atoms with Gasteiger partial charge in [0.05, 0.1) is 19.2 Å². The van der Waals surface area contributed by atoms with Gasteiger partial charge < -0.3 is 19.4 Å². The fourth-order valence-electron chi connectivity index (χ4n) is 2.69. The third-order valence-electron chi connectivity index (χ3n) is 4.28. The minimum absolute atomic E-state index is 0.172. The molecule has 1 aromatic heterocycles. The van der Waals surface area contributed by atoms with Gasteiger partial charge in [-0.25, -0.2) is 4.39 Å². The summed E-state index contributed by atoms with van der Waals surface area (Å²) in [6.07, 6.45) is 1.25. The molecule has 1 aliphatic carbocycles. The number of anilines is 1. The van der Waals surface area contributed by atoms with Gasteiger partial charge in [0.1, 0.15) is 12.3 Å². The highest BCUT2D eigenvalue weighted by Crippen LogP contribution is 2.29. The van der Waals surface area contributed by atoms with Gasteiger partial charge in [-0.1, -0.05) is 5.10 Å². The number of nitrogens with one attached hydrogen (secondary N) is 1. The Balaban J connectivity index is 1.50. The highest BCUT2D eigenvalue weighted by atomic mass is 19.1. The Labute approximate surface area is 134 Å². The quantitative estimate of drug-likeness (QED) is 0.812. The maximum absolute atomic E-state index is 13.7. The average Bonchev–Trinajstić information content (AvgIpc) is 3.14. The van der Waals surface area contributed by atoms with Crippen LogP contribution in [0.1, 0.15) is 32.1 Å². The Morgan fingerprint density at radius 3 is 2.96 bits per heavy atom. The van der Waals surface area contributed by atoms with Gasteiger partial charge in [-0.2, -0.15) is 0 Å². The average molecular weight is 326 g/mol. The first-order valence-electron chi connectivity index (χ1n) is 8.13. The molecule has 3 rings (SSSR count). The number of halogens is 1. The first-order valence-corrected chi connectivity index (χ1v) is 8.13. The van der Waals surface area contributed by atoms with Gasteiger partial charge in [0.15, 0.2) is 0 Å². The maximum Gasteiger partial charge on any atom is 0.318 e. The highest BCUT2D eigenvalue weighted by Gasteiger charge is 2.35. The molecule has 8 heteroatoms. The molecule has 23 heavy (non-hydrogen) atoms. The van der Waals surface area contributed by atoms with Crippen molar-refractivity contribution in [1.82, 2.24) is 15.5 Å². The van der Waals surface area contributed by atoms with Crippen molar-refractivity contribution in [3.8, 4) is 0 Å². The molecule has 3 atom stereocenters. The molecule has 128 valence electrons. The summed E-state index contributed by atoms with van der Waals surface area (Å²) in [5.41, 5.74) is 0. The number of alkyl halides is 1. The van der Waals surface area contributed by atoms with E-state index in [4.69, 9.17) is 9.15 Å². The van der Waals surface area contributed by atoms with E-state index in [1.807, 2.05) is 0 Å². The van der Waals surface area contributed by atoms with E-state index in [-0.39, 0.29) is 18.5 Å². The summed E-state index contributed by atoms with van der Waals surface area (Å²) in [6, 6.07) is 0.115. The van der Waals surface area contributed by atoms with Crippen LogP contribution in [0.25, 0.3) is 0 Å². The van der Waals surface area contributed by atoms with Crippen molar-refractivity contribution in [2.24, 2.45) is 5.92 Å². The molecule has 2 aliphatic rings. The zero-order valence-corrected chi connectivity index (χ0v) is 13.5. The minimum atomic E-state index is -0.965. The number of aryl methyl sites for hydroxylation is 1. The summed E-state index contributed by atoms with van der Waals surface area (Å²) in [4.78, 5) is 13.8. The zero-order valence-electron chi connectivity index (χ0n) is 13.5. The van der Waals surface area contributed by atoms with Crippen LogP contribution in [0.15, 0.2) is 4.42 Å². The van der Waals surface area contributed by atoms with Gasteiger partial charge in [0.25, 0.3) is 0 Å². The summed E-state index contributed by atoms with van der Waals surface area (Å²) < 4.78 is 24.7. The van der Waals surface area contributed by atoms with Crippen LogP contribution in [0, 0.1) is 12.8 Å². The summed E-state index contributed by atoms with van der Waals surface area (Å²) in [5.74, 6) is 0.880. The molecule has 1 saturated heterocycles. The molecule has 0 radical (unpaired) electrons. The molecule has 1 aliphatic heterocycles. The molecule has 1 amide bonds. The molecule has 2 fully saturated rings. The van der Waals surface area contributed by atoms with Crippen molar-refractivity contribution in [1.29, 1.82) is 0 Å². The van der Waals surface area contributed by atoms with Crippen molar-refractivity contribution in [3.05, 3.63) is 5.89 Å². The first-order chi connectivity index (χ1) is 11.0. The first kappa shape index (κ1) is 16.2. The Bertz CT molecular complexity index is 549. The molecule has 1 aromatic rings. The molecule has 7 nitrogen and oxygen atoms in total. The van der Waals surface area contributed by atoms with Gasteiger partial charge in [-0.05, 0) is 25.7 Å². The van der Waals surface area contributed by atoms with Crippen LogP contribution in [0.5, 0.6) is 0 Å². The number of hydrogen-bond donors (Lipinski definition) is 1. The molecule has 0 aromatic carbocycles. The van der Waals surface area contributed by atoms with Gasteiger partial charge in [0.2, 0.25) is 11.8 Å². The summed E-state index contributed by atoms with van der Waals surface area (Å²) in [5, 5.41) is 10.5. The third kappa shape index (κ3) is 4.19. The van der Waals surface area contributed by atoms with E-state index in [1.54, 1.807) is 18.7 Å². The van der Waals surface area contributed by atoms with E-state index in [0.29, 0.717) is 37.4 Å². The Hall–Kier alpha value is -1.70. The van der Waals surface area contributed by atoms with Crippen LogP contribution < -0.4 is 10.2 Å². The third-order valence-corrected chi connectivity index (χ3v) is 4.28. The van der Waals surface area contributed by atoms with E-state index in [9.17, 15) is 9.18 Å². The predicted molar refractivity (Wildman–Crippen MR) is 80.8 cm³/mol. The van der Waals surface area contributed by atoms with Crippen LogP contribution in [0.4, 0.5) is 10.4 Å². The van der Waals surface area contributed by atoms with Crippen molar-refractivity contribution in [2.45, 2.75) is 51.4 Å². The van der Waals surface area contributed by atoms with Crippen molar-refractivity contribution >= 4 is 11.9 Å². The topological polar surface area (TPSA) is 80.5 Å². The lowest BCUT2D eigenvalue weighted by Crippen LogP contribution is -2.43. The second-order valence-corrected chi connectivity index (χ2v) is 6.41. The molecule has 2 heterocycles. The Morgan fingerprint density at radius 1 is 1.52 bits per heavy atom. The monoisotopic (exact) mass is 326 g/mol. The normalized spacial score (nSPS) is 25.6. The molecule has 0 spiro atoms. The smallest absolute Gasteiger partial charge is 0.318 e. The van der Waals surface area contributed by atoms with Crippen LogP contribution in [-0.4, -0.2) is 54.1 Å². The fourth-order valence-corrected chi connectivity index (χ4v) is 2.69. The van der Waals surface area contributed by atoms with Crippen LogP contribution >= 0.6 is 0 Å². The van der Waals surface area contributed by atoms with Gasteiger partial charge in [0, 0.05) is 19.9 Å². The molecular formula is C15H23FN4O3. The zero-order chi connectivity index (χ0) is 16.4. The summed E-state index contributed by atoms with van der Waals surface area (Å²) >= 11 is 0. The summed E-state index contributed by atoms with van der Waals surface area (Å²) in [6.45, 7) is 4.60. The summed E-state index contributed by atoms with van der Waals surface area (Å²) in [7, 11) is 0. The minimum Gasteiger partial charge on any atom is -0.408 e. The van der Waals surface area contributed by atoms with E-state index >= 15 is 0 Å². The maximum atomic E-state index is 13.7. The molecule has 1 N–H and O–H groups in total. The molecular weight excluding hydrogens is 303 g/mol. The number of hydrogen-bond acceptors (Lipinski definition) is 6. The standard InChI is InChI=1S/C15H23FN4O3/c1-9(22-8-11-3-4-11)14(21)17-6-13-5-12(16)7-20(13)15-19-18-10(2)23-15/h9,11-13H,3-8H2,1-2H3,(H,17,21)/t9?,12-,13-/m0/s1. The van der Waals surface area contributed by atoms with Crippen LogP contribution in [0.3, 0.4) is 0 Å². The second kappa shape index (κ2) is 6.82. The van der Waals surface area contributed by atoms with E-state index in [0.717, 1.165) is 0 Å². The number of rotatable bonds is 7. The Morgan fingerprint density at radius 2 is 2.30 bits per heavy atom. The van der Waals surface area contributed by atoms with Gasteiger partial charge >= 0.3 is 6.01 Å². The van der Waals surface area contributed by atoms with Crippen LogP contribution in [0.2, 0.25) is 0 Å². The van der Waals surface area contributed by atoms with Crippen molar-refractivity contribution < 1.29 is 18.3 Å². The fraction of sp³-hybridized carbons (Fsp3) is 0.800. The SMILES string of the molecule is Cc1nnc(N2C[C@@H](F)C[C@H]2CNC(=O)C(C)OCC2CC2)o1. The molecule has 1 unspecified atom stereocenters. The largest absolute Gasteiger partial charge is 0.408 e. The lowest BCUT2D eigenvalue weighted by molar-refractivity contribution is -0.132.